The Morgan fingerprint density at radius 2 is 1.50 bits per heavy atom. The van der Waals surface area contributed by atoms with Crippen molar-refractivity contribution in [3.8, 4) is 0 Å². The monoisotopic (exact) mass is 341 g/mol. The molecule has 5 rings (SSSR count). The van der Waals surface area contributed by atoms with Gasteiger partial charge in [-0.15, -0.1) is 0 Å². The van der Waals surface area contributed by atoms with E-state index in [0.29, 0.717) is 17.8 Å². The molecule has 2 aliphatic carbocycles. The van der Waals surface area contributed by atoms with E-state index in [4.69, 9.17) is 0 Å². The smallest absolute Gasteiger partial charge is 0.228 e. The van der Waals surface area contributed by atoms with E-state index in [-0.39, 0.29) is 11.8 Å². The molecule has 0 aliphatic heterocycles. The molecule has 1 amide bonds. The summed E-state index contributed by atoms with van der Waals surface area (Å²) < 4.78 is 0. The third kappa shape index (κ3) is 2.44. The van der Waals surface area contributed by atoms with Crippen LogP contribution in [0.1, 0.15) is 30.7 Å². The van der Waals surface area contributed by atoms with Gasteiger partial charge in [-0.1, -0.05) is 73.2 Å². The molecule has 1 N–H and O–H groups in total. The van der Waals surface area contributed by atoms with Gasteiger partial charge in [0.1, 0.15) is 0 Å². The summed E-state index contributed by atoms with van der Waals surface area (Å²) in [7, 11) is 0. The molecule has 26 heavy (non-hydrogen) atoms. The number of rotatable bonds is 3. The van der Waals surface area contributed by atoms with Gasteiger partial charge in [0.25, 0.3) is 0 Å². The first-order valence-corrected chi connectivity index (χ1v) is 9.66. The van der Waals surface area contributed by atoms with Crippen molar-refractivity contribution >= 4 is 22.4 Å². The van der Waals surface area contributed by atoms with Crippen LogP contribution in [0, 0.1) is 17.8 Å². The fraction of sp³-hybridized carbons (Fsp3) is 0.292. The summed E-state index contributed by atoms with van der Waals surface area (Å²) in [6.07, 6.45) is 3.60. The molecule has 2 nitrogen and oxygen atoms in total. The first kappa shape index (κ1) is 15.6. The van der Waals surface area contributed by atoms with Gasteiger partial charge in [0.2, 0.25) is 5.91 Å². The van der Waals surface area contributed by atoms with Crippen molar-refractivity contribution in [2.75, 3.05) is 5.32 Å². The lowest BCUT2D eigenvalue weighted by Gasteiger charge is -2.55. The number of nitrogens with one attached hydrogen (secondary N) is 1. The summed E-state index contributed by atoms with van der Waals surface area (Å²) >= 11 is 0. The predicted octanol–water partition coefficient (Wildman–Crippen LogP) is 5.61. The zero-order valence-corrected chi connectivity index (χ0v) is 14.8. The molecule has 0 aromatic heterocycles. The summed E-state index contributed by atoms with van der Waals surface area (Å²) in [5, 5.41) is 5.53. The van der Waals surface area contributed by atoms with Gasteiger partial charge < -0.3 is 5.32 Å². The summed E-state index contributed by atoms with van der Waals surface area (Å²) in [4.78, 5) is 13.1. The second-order valence-corrected chi connectivity index (χ2v) is 7.74. The van der Waals surface area contributed by atoms with Crippen molar-refractivity contribution in [3.05, 3.63) is 78.4 Å². The van der Waals surface area contributed by atoms with Gasteiger partial charge in [0.05, 0.1) is 0 Å². The quantitative estimate of drug-likeness (QED) is 0.659. The summed E-state index contributed by atoms with van der Waals surface area (Å²) in [5.74, 6) is 1.92. The molecule has 3 aromatic carbocycles. The fourth-order valence-corrected chi connectivity index (χ4v) is 5.35. The number of benzene rings is 3. The normalized spacial score (nSPS) is 26.9. The third-order valence-corrected chi connectivity index (χ3v) is 6.45. The average Bonchev–Trinajstić information content (AvgIpc) is 2.69. The van der Waals surface area contributed by atoms with E-state index in [2.05, 4.69) is 53.8 Å². The number of anilines is 1. The molecule has 130 valence electrons. The Kier molecular flexibility index (Phi) is 3.77. The van der Waals surface area contributed by atoms with E-state index >= 15 is 0 Å². The SMILES string of the molecule is O=C(Nc1cccc2ccccc12)C1[C@H]2CCC[C@H]1C2c1ccccc1. The van der Waals surface area contributed by atoms with Crippen LogP contribution in [-0.2, 0) is 4.79 Å². The second kappa shape index (κ2) is 6.28. The maximum Gasteiger partial charge on any atom is 0.228 e. The van der Waals surface area contributed by atoms with E-state index < -0.39 is 0 Å². The van der Waals surface area contributed by atoms with Crippen LogP contribution >= 0.6 is 0 Å². The minimum atomic E-state index is 0.160. The average molecular weight is 341 g/mol. The summed E-state index contributed by atoms with van der Waals surface area (Å²) in [6, 6.07) is 25.1. The Labute approximate surface area is 154 Å². The van der Waals surface area contributed by atoms with Crippen molar-refractivity contribution in [1.29, 1.82) is 0 Å². The van der Waals surface area contributed by atoms with Crippen molar-refractivity contribution in [3.63, 3.8) is 0 Å². The highest BCUT2D eigenvalue weighted by Gasteiger charge is 2.55. The van der Waals surface area contributed by atoms with E-state index in [0.717, 1.165) is 11.1 Å². The molecule has 0 spiro atoms. The number of carbonyl (C=O) groups is 1. The number of hydrogen-bond acceptors (Lipinski definition) is 1. The molecular formula is C24H23NO. The van der Waals surface area contributed by atoms with Crippen LogP contribution in [0.15, 0.2) is 72.8 Å². The van der Waals surface area contributed by atoms with Crippen LogP contribution < -0.4 is 5.32 Å². The Bertz CT molecular complexity index is 931. The number of hydrogen-bond donors (Lipinski definition) is 1. The van der Waals surface area contributed by atoms with Crippen molar-refractivity contribution in [2.24, 2.45) is 17.8 Å². The standard InChI is InChI=1S/C24H23NO/c26-24(25-21-15-6-11-16-8-4-5-12-18(16)21)23-19-13-7-14-20(23)22(19)17-9-2-1-3-10-17/h1-6,8-12,15,19-20,22-23H,7,13-14H2,(H,25,26)/t19-,20-,22?,23?/m0/s1. The van der Waals surface area contributed by atoms with Crippen LogP contribution in [0.4, 0.5) is 5.69 Å². The maximum absolute atomic E-state index is 13.1. The van der Waals surface area contributed by atoms with E-state index in [9.17, 15) is 4.79 Å². The largest absolute Gasteiger partial charge is 0.325 e. The number of amides is 1. The number of carbonyl (C=O) groups excluding carboxylic acids is 1. The molecule has 2 atom stereocenters. The second-order valence-electron chi connectivity index (χ2n) is 7.74. The lowest BCUT2D eigenvalue weighted by molar-refractivity contribution is -0.135. The first-order chi connectivity index (χ1) is 12.8. The molecule has 2 saturated carbocycles. The van der Waals surface area contributed by atoms with Gasteiger partial charge in [0.15, 0.2) is 0 Å². The molecule has 0 heterocycles. The van der Waals surface area contributed by atoms with Crippen LogP contribution in [-0.4, -0.2) is 5.91 Å². The molecular weight excluding hydrogens is 318 g/mol. The molecule has 0 saturated heterocycles. The highest BCUT2D eigenvalue weighted by Crippen LogP contribution is 2.60. The van der Waals surface area contributed by atoms with Crippen molar-refractivity contribution in [2.45, 2.75) is 25.2 Å². The van der Waals surface area contributed by atoms with Crippen molar-refractivity contribution in [1.82, 2.24) is 0 Å². The van der Waals surface area contributed by atoms with E-state index in [1.165, 1.54) is 30.2 Å². The maximum atomic E-state index is 13.1. The topological polar surface area (TPSA) is 29.1 Å². The Hall–Kier alpha value is -2.61. The molecule has 2 bridgehead atoms. The lowest BCUT2D eigenvalue weighted by atomic mass is 9.48. The van der Waals surface area contributed by atoms with Gasteiger partial charge in [-0.05, 0) is 47.6 Å². The van der Waals surface area contributed by atoms with Crippen molar-refractivity contribution < 1.29 is 4.79 Å². The highest BCUT2D eigenvalue weighted by molar-refractivity contribution is 6.03. The van der Waals surface area contributed by atoms with Crippen LogP contribution in [0.5, 0.6) is 0 Å². The predicted molar refractivity (Wildman–Crippen MR) is 106 cm³/mol. The minimum absolute atomic E-state index is 0.160. The van der Waals surface area contributed by atoms with Gasteiger partial charge in [0, 0.05) is 17.0 Å². The van der Waals surface area contributed by atoms with Gasteiger partial charge in [-0.25, -0.2) is 0 Å². The first-order valence-electron chi connectivity index (χ1n) is 9.66. The molecule has 2 aliphatic rings. The molecule has 2 fully saturated rings. The van der Waals surface area contributed by atoms with E-state index in [1.807, 2.05) is 24.3 Å². The molecule has 0 radical (unpaired) electrons. The summed E-state index contributed by atoms with van der Waals surface area (Å²) in [6.45, 7) is 0. The Morgan fingerprint density at radius 3 is 2.31 bits per heavy atom. The zero-order valence-electron chi connectivity index (χ0n) is 14.8. The van der Waals surface area contributed by atoms with Gasteiger partial charge in [-0.3, -0.25) is 4.79 Å². The summed E-state index contributed by atoms with van der Waals surface area (Å²) in [5.41, 5.74) is 2.35. The van der Waals surface area contributed by atoms with Gasteiger partial charge >= 0.3 is 0 Å². The minimum Gasteiger partial charge on any atom is -0.325 e. The Morgan fingerprint density at radius 1 is 0.808 bits per heavy atom. The highest BCUT2D eigenvalue weighted by atomic mass is 16.2. The van der Waals surface area contributed by atoms with Crippen LogP contribution in [0.3, 0.4) is 0 Å². The Balaban J connectivity index is 1.40. The van der Waals surface area contributed by atoms with Crippen LogP contribution in [0.2, 0.25) is 0 Å². The molecule has 3 aromatic rings. The zero-order chi connectivity index (χ0) is 17.5. The molecule has 2 heteroatoms. The number of fused-ring (bicyclic) bond motifs is 3. The third-order valence-electron chi connectivity index (χ3n) is 6.45. The van der Waals surface area contributed by atoms with E-state index in [1.54, 1.807) is 0 Å². The van der Waals surface area contributed by atoms with Crippen LogP contribution in [0.25, 0.3) is 10.8 Å². The lowest BCUT2D eigenvalue weighted by Crippen LogP contribution is -2.53. The fourth-order valence-electron chi connectivity index (χ4n) is 5.35. The molecule has 0 unspecified atom stereocenters. The van der Waals surface area contributed by atoms with Gasteiger partial charge in [-0.2, -0.15) is 0 Å².